The molecular formula is C12H14ClN3O2. The number of hydrogen-bond acceptors (Lipinski definition) is 5. The Morgan fingerprint density at radius 2 is 1.94 bits per heavy atom. The Kier molecular flexibility index (Phi) is 3.34. The first kappa shape index (κ1) is 12.6. The maximum atomic E-state index is 6.31. The molecule has 0 bridgehead atoms. The van der Waals surface area contributed by atoms with Crippen molar-refractivity contribution < 1.29 is 9.47 Å². The van der Waals surface area contributed by atoms with E-state index in [9.17, 15) is 0 Å². The van der Waals surface area contributed by atoms with Gasteiger partial charge in [-0.3, -0.25) is 0 Å². The average molecular weight is 268 g/mol. The SMILES string of the molecule is CNc1c(N)cnc2c(OC)cc(OC)c(Cl)c12. The zero-order valence-corrected chi connectivity index (χ0v) is 11.1. The molecule has 18 heavy (non-hydrogen) atoms. The first-order valence-electron chi connectivity index (χ1n) is 5.30. The summed E-state index contributed by atoms with van der Waals surface area (Å²) >= 11 is 6.31. The number of benzene rings is 1. The Bertz CT molecular complexity index is 602. The van der Waals surface area contributed by atoms with Crippen molar-refractivity contribution in [3.63, 3.8) is 0 Å². The van der Waals surface area contributed by atoms with Gasteiger partial charge in [0.2, 0.25) is 0 Å². The quantitative estimate of drug-likeness (QED) is 0.894. The van der Waals surface area contributed by atoms with Crippen molar-refractivity contribution in [3.05, 3.63) is 17.3 Å². The van der Waals surface area contributed by atoms with Gasteiger partial charge in [0.15, 0.2) is 0 Å². The molecule has 1 heterocycles. The van der Waals surface area contributed by atoms with E-state index in [1.165, 1.54) is 0 Å². The summed E-state index contributed by atoms with van der Waals surface area (Å²) in [5.74, 6) is 1.10. The van der Waals surface area contributed by atoms with E-state index in [4.69, 9.17) is 26.8 Å². The van der Waals surface area contributed by atoms with Gasteiger partial charge in [0.05, 0.1) is 42.2 Å². The molecule has 0 spiro atoms. The highest BCUT2D eigenvalue weighted by atomic mass is 35.5. The second kappa shape index (κ2) is 4.78. The first-order valence-corrected chi connectivity index (χ1v) is 5.68. The predicted octanol–water partition coefficient (Wildman–Crippen LogP) is 2.53. The van der Waals surface area contributed by atoms with Crippen LogP contribution < -0.4 is 20.5 Å². The fourth-order valence-corrected chi connectivity index (χ4v) is 2.19. The number of aromatic nitrogens is 1. The number of pyridine rings is 1. The number of ether oxygens (including phenoxy) is 2. The maximum absolute atomic E-state index is 6.31. The Labute approximate surface area is 110 Å². The molecule has 0 unspecified atom stereocenters. The summed E-state index contributed by atoms with van der Waals surface area (Å²) in [4.78, 5) is 4.27. The van der Waals surface area contributed by atoms with E-state index in [0.717, 1.165) is 0 Å². The second-order valence-corrected chi connectivity index (χ2v) is 4.04. The summed E-state index contributed by atoms with van der Waals surface area (Å²) in [5, 5.41) is 4.17. The van der Waals surface area contributed by atoms with E-state index in [1.807, 2.05) is 0 Å². The first-order chi connectivity index (χ1) is 8.63. The molecule has 0 saturated carbocycles. The lowest BCUT2D eigenvalue weighted by atomic mass is 10.1. The summed E-state index contributed by atoms with van der Waals surface area (Å²) in [5.41, 5.74) is 7.75. The number of anilines is 2. The Morgan fingerprint density at radius 1 is 1.28 bits per heavy atom. The topological polar surface area (TPSA) is 69.4 Å². The van der Waals surface area contributed by atoms with Crippen LogP contribution in [-0.2, 0) is 0 Å². The van der Waals surface area contributed by atoms with E-state index in [-0.39, 0.29) is 0 Å². The van der Waals surface area contributed by atoms with Crippen molar-refractivity contribution in [2.75, 3.05) is 32.3 Å². The van der Waals surface area contributed by atoms with Crippen LogP contribution in [0, 0.1) is 0 Å². The van der Waals surface area contributed by atoms with E-state index in [1.54, 1.807) is 33.5 Å². The number of fused-ring (bicyclic) bond motifs is 1. The third-order valence-electron chi connectivity index (χ3n) is 2.73. The minimum absolute atomic E-state index is 0.456. The number of halogens is 1. The van der Waals surface area contributed by atoms with Crippen LogP contribution in [0.3, 0.4) is 0 Å². The van der Waals surface area contributed by atoms with Crippen LogP contribution in [0.2, 0.25) is 5.02 Å². The molecule has 2 aromatic rings. The molecule has 0 amide bonds. The van der Waals surface area contributed by atoms with Crippen LogP contribution in [0.4, 0.5) is 11.4 Å². The van der Waals surface area contributed by atoms with E-state index in [2.05, 4.69) is 10.3 Å². The lowest BCUT2D eigenvalue weighted by molar-refractivity contribution is 0.397. The predicted molar refractivity (Wildman–Crippen MR) is 73.8 cm³/mol. The highest BCUT2D eigenvalue weighted by Gasteiger charge is 2.17. The fraction of sp³-hybridized carbons (Fsp3) is 0.250. The lowest BCUT2D eigenvalue weighted by Gasteiger charge is -2.15. The van der Waals surface area contributed by atoms with Crippen molar-refractivity contribution in [2.24, 2.45) is 0 Å². The largest absolute Gasteiger partial charge is 0.495 e. The summed E-state index contributed by atoms with van der Waals surface area (Å²) in [6.45, 7) is 0. The number of nitrogens with two attached hydrogens (primary N) is 1. The van der Waals surface area contributed by atoms with E-state index >= 15 is 0 Å². The minimum Gasteiger partial charge on any atom is -0.495 e. The molecule has 0 aliphatic carbocycles. The van der Waals surface area contributed by atoms with Gasteiger partial charge in [0.25, 0.3) is 0 Å². The number of nitrogens with one attached hydrogen (secondary N) is 1. The summed E-state index contributed by atoms with van der Waals surface area (Å²) < 4.78 is 10.5. The molecule has 0 saturated heterocycles. The molecule has 2 rings (SSSR count). The van der Waals surface area contributed by atoms with E-state index < -0.39 is 0 Å². The van der Waals surface area contributed by atoms with Gasteiger partial charge in [0.1, 0.15) is 17.0 Å². The zero-order chi connectivity index (χ0) is 13.3. The molecule has 6 heteroatoms. The summed E-state index contributed by atoms with van der Waals surface area (Å²) in [6.07, 6.45) is 1.57. The van der Waals surface area contributed by atoms with Gasteiger partial charge in [-0.15, -0.1) is 0 Å². The van der Waals surface area contributed by atoms with Crippen LogP contribution in [0.25, 0.3) is 10.9 Å². The molecule has 1 aromatic heterocycles. The molecule has 1 aromatic carbocycles. The third kappa shape index (κ3) is 1.76. The van der Waals surface area contributed by atoms with Gasteiger partial charge in [-0.1, -0.05) is 11.6 Å². The van der Waals surface area contributed by atoms with Gasteiger partial charge < -0.3 is 20.5 Å². The van der Waals surface area contributed by atoms with Crippen molar-refractivity contribution in [1.82, 2.24) is 4.98 Å². The average Bonchev–Trinajstić information content (AvgIpc) is 2.39. The van der Waals surface area contributed by atoms with E-state index in [0.29, 0.717) is 38.8 Å². The Balaban J connectivity index is 2.95. The van der Waals surface area contributed by atoms with Crippen molar-refractivity contribution in [3.8, 4) is 11.5 Å². The lowest BCUT2D eigenvalue weighted by Crippen LogP contribution is -2.00. The number of methoxy groups -OCH3 is 2. The van der Waals surface area contributed by atoms with Crippen molar-refractivity contribution >= 4 is 33.9 Å². The van der Waals surface area contributed by atoms with Crippen LogP contribution in [0.1, 0.15) is 0 Å². The Morgan fingerprint density at radius 3 is 2.50 bits per heavy atom. The number of nitrogens with zero attached hydrogens (tertiary/aromatic N) is 1. The molecule has 5 nitrogen and oxygen atoms in total. The van der Waals surface area contributed by atoms with Gasteiger partial charge >= 0.3 is 0 Å². The molecule has 96 valence electrons. The number of nitrogen functional groups attached to an aromatic ring is 1. The smallest absolute Gasteiger partial charge is 0.148 e. The summed E-state index contributed by atoms with van der Waals surface area (Å²) in [6, 6.07) is 1.70. The Hall–Kier alpha value is -1.88. The normalized spacial score (nSPS) is 10.4. The third-order valence-corrected chi connectivity index (χ3v) is 3.10. The minimum atomic E-state index is 0.456. The van der Waals surface area contributed by atoms with Gasteiger partial charge in [-0.2, -0.15) is 0 Å². The monoisotopic (exact) mass is 267 g/mol. The van der Waals surface area contributed by atoms with Gasteiger partial charge in [0, 0.05) is 13.1 Å². The second-order valence-electron chi connectivity index (χ2n) is 3.66. The molecule has 0 aliphatic rings. The van der Waals surface area contributed by atoms with Crippen LogP contribution in [0.5, 0.6) is 11.5 Å². The zero-order valence-electron chi connectivity index (χ0n) is 10.4. The maximum Gasteiger partial charge on any atom is 0.148 e. The highest BCUT2D eigenvalue weighted by molar-refractivity contribution is 6.38. The molecule has 0 radical (unpaired) electrons. The fourth-order valence-electron chi connectivity index (χ4n) is 1.87. The van der Waals surface area contributed by atoms with Crippen LogP contribution >= 0.6 is 11.6 Å². The van der Waals surface area contributed by atoms with Crippen LogP contribution in [-0.4, -0.2) is 26.3 Å². The number of hydrogen-bond donors (Lipinski definition) is 2. The van der Waals surface area contributed by atoms with Gasteiger partial charge in [-0.25, -0.2) is 4.98 Å². The van der Waals surface area contributed by atoms with Crippen LogP contribution in [0.15, 0.2) is 12.3 Å². The number of rotatable bonds is 3. The van der Waals surface area contributed by atoms with Gasteiger partial charge in [-0.05, 0) is 0 Å². The molecule has 3 N–H and O–H groups in total. The molecular weight excluding hydrogens is 254 g/mol. The molecule has 0 fully saturated rings. The molecule has 0 aliphatic heterocycles. The molecule has 0 atom stereocenters. The van der Waals surface area contributed by atoms with Crippen molar-refractivity contribution in [2.45, 2.75) is 0 Å². The van der Waals surface area contributed by atoms with Crippen molar-refractivity contribution in [1.29, 1.82) is 0 Å². The highest BCUT2D eigenvalue weighted by Crippen LogP contribution is 2.43. The standard InChI is InChI=1S/C12H14ClN3O2/c1-15-11-6(14)5-16-12-8(18-3)4-7(17-2)10(13)9(11)12/h4-5H,14H2,1-3H3,(H,15,16). The summed E-state index contributed by atoms with van der Waals surface area (Å²) in [7, 11) is 4.89.